The van der Waals surface area contributed by atoms with Gasteiger partial charge in [0.1, 0.15) is 5.69 Å². The lowest BCUT2D eigenvalue weighted by Crippen LogP contribution is -2.20. The Kier molecular flexibility index (Phi) is 1.60. The van der Waals surface area contributed by atoms with Gasteiger partial charge in [0.05, 0.1) is 12.5 Å². The van der Waals surface area contributed by atoms with E-state index in [1.165, 1.54) is 12.6 Å². The second-order valence-corrected chi connectivity index (χ2v) is 3.08. The Hall–Kier alpha value is -1.32. The molecule has 1 fully saturated rings. The van der Waals surface area contributed by atoms with E-state index in [1.807, 2.05) is 0 Å². The van der Waals surface area contributed by atoms with Crippen molar-refractivity contribution in [2.45, 2.75) is 25.3 Å². The minimum Gasteiger partial charge on any atom is -0.477 e. The van der Waals surface area contributed by atoms with Crippen LogP contribution in [0.5, 0.6) is 0 Å². The van der Waals surface area contributed by atoms with E-state index in [-0.39, 0.29) is 0 Å². The molecule has 1 aliphatic carbocycles. The molecule has 0 amide bonds. The van der Waals surface area contributed by atoms with E-state index < -0.39 is 5.97 Å². The average molecular weight is 166 g/mol. The SMILES string of the molecule is O=C(O)c1cncn1C1CCC1. The van der Waals surface area contributed by atoms with Crippen molar-refractivity contribution in [3.63, 3.8) is 0 Å². The molecular weight excluding hydrogens is 156 g/mol. The predicted octanol–water partition coefficient (Wildman–Crippen LogP) is 1.31. The summed E-state index contributed by atoms with van der Waals surface area (Å²) >= 11 is 0. The fourth-order valence-corrected chi connectivity index (χ4v) is 1.43. The van der Waals surface area contributed by atoms with Gasteiger partial charge in [0.2, 0.25) is 0 Å². The van der Waals surface area contributed by atoms with Gasteiger partial charge in [0.15, 0.2) is 0 Å². The molecule has 12 heavy (non-hydrogen) atoms. The zero-order valence-corrected chi connectivity index (χ0v) is 6.60. The number of aromatic carboxylic acids is 1. The van der Waals surface area contributed by atoms with E-state index in [0.29, 0.717) is 11.7 Å². The maximum absolute atomic E-state index is 10.7. The Morgan fingerprint density at radius 2 is 2.42 bits per heavy atom. The summed E-state index contributed by atoms with van der Waals surface area (Å²) in [5.74, 6) is -0.889. The fourth-order valence-electron chi connectivity index (χ4n) is 1.43. The lowest BCUT2D eigenvalue weighted by Gasteiger charge is -2.27. The number of hydrogen-bond acceptors (Lipinski definition) is 2. The van der Waals surface area contributed by atoms with Crippen LogP contribution in [0.15, 0.2) is 12.5 Å². The minimum absolute atomic E-state index is 0.305. The maximum Gasteiger partial charge on any atom is 0.354 e. The van der Waals surface area contributed by atoms with Crippen LogP contribution in [0.2, 0.25) is 0 Å². The largest absolute Gasteiger partial charge is 0.477 e. The summed E-state index contributed by atoms with van der Waals surface area (Å²) in [7, 11) is 0. The number of aromatic nitrogens is 2. The number of rotatable bonds is 2. The molecule has 4 heteroatoms. The van der Waals surface area contributed by atoms with E-state index in [2.05, 4.69) is 4.98 Å². The molecule has 1 N–H and O–H groups in total. The summed E-state index contributed by atoms with van der Waals surface area (Å²) in [6.45, 7) is 0. The highest BCUT2D eigenvalue weighted by atomic mass is 16.4. The molecule has 0 aliphatic heterocycles. The zero-order valence-electron chi connectivity index (χ0n) is 6.60. The van der Waals surface area contributed by atoms with Gasteiger partial charge >= 0.3 is 5.97 Å². The Morgan fingerprint density at radius 3 is 2.92 bits per heavy atom. The predicted molar refractivity (Wildman–Crippen MR) is 42.1 cm³/mol. The molecule has 0 saturated heterocycles. The van der Waals surface area contributed by atoms with Crippen LogP contribution >= 0.6 is 0 Å². The van der Waals surface area contributed by atoms with Gasteiger partial charge in [-0.05, 0) is 19.3 Å². The lowest BCUT2D eigenvalue weighted by atomic mass is 9.93. The molecule has 4 nitrogen and oxygen atoms in total. The third-order valence-corrected chi connectivity index (χ3v) is 2.35. The highest BCUT2D eigenvalue weighted by molar-refractivity contribution is 5.85. The summed E-state index contributed by atoms with van der Waals surface area (Å²) in [5, 5.41) is 8.76. The molecule has 0 bridgehead atoms. The first-order chi connectivity index (χ1) is 5.79. The van der Waals surface area contributed by atoms with Gasteiger partial charge in [-0.2, -0.15) is 0 Å². The molecule has 0 atom stereocenters. The molecular formula is C8H10N2O2. The number of carbonyl (C=O) groups is 1. The van der Waals surface area contributed by atoms with Gasteiger partial charge in [-0.1, -0.05) is 0 Å². The van der Waals surface area contributed by atoms with Gasteiger partial charge in [0.25, 0.3) is 0 Å². The lowest BCUT2D eigenvalue weighted by molar-refractivity contribution is 0.0679. The Bertz CT molecular complexity index is 302. The molecule has 1 saturated carbocycles. The third-order valence-electron chi connectivity index (χ3n) is 2.35. The highest BCUT2D eigenvalue weighted by Gasteiger charge is 2.23. The normalized spacial score (nSPS) is 17.3. The van der Waals surface area contributed by atoms with Crippen molar-refractivity contribution in [2.75, 3.05) is 0 Å². The zero-order chi connectivity index (χ0) is 8.55. The van der Waals surface area contributed by atoms with Crippen LogP contribution in [0.4, 0.5) is 0 Å². The van der Waals surface area contributed by atoms with Crippen molar-refractivity contribution in [1.29, 1.82) is 0 Å². The van der Waals surface area contributed by atoms with Crippen LogP contribution < -0.4 is 0 Å². The topological polar surface area (TPSA) is 55.1 Å². The van der Waals surface area contributed by atoms with Crippen LogP contribution in [0.3, 0.4) is 0 Å². The average Bonchev–Trinajstić information content (AvgIpc) is 2.31. The van der Waals surface area contributed by atoms with Crippen LogP contribution in [-0.4, -0.2) is 20.6 Å². The first-order valence-corrected chi connectivity index (χ1v) is 4.04. The molecule has 1 aliphatic rings. The Morgan fingerprint density at radius 1 is 1.67 bits per heavy atom. The van der Waals surface area contributed by atoms with E-state index >= 15 is 0 Å². The van der Waals surface area contributed by atoms with E-state index in [9.17, 15) is 4.79 Å². The first-order valence-electron chi connectivity index (χ1n) is 4.04. The second kappa shape index (κ2) is 2.62. The maximum atomic E-state index is 10.7. The monoisotopic (exact) mass is 166 g/mol. The van der Waals surface area contributed by atoms with Crippen molar-refractivity contribution in [3.05, 3.63) is 18.2 Å². The molecule has 64 valence electrons. The van der Waals surface area contributed by atoms with Gasteiger partial charge in [0, 0.05) is 6.04 Å². The molecule has 1 heterocycles. The standard InChI is InChI=1S/C8H10N2O2/c11-8(12)7-4-9-5-10(7)6-2-1-3-6/h4-6H,1-3H2,(H,11,12). The van der Waals surface area contributed by atoms with Crippen LogP contribution in [-0.2, 0) is 0 Å². The highest BCUT2D eigenvalue weighted by Crippen LogP contribution is 2.32. The molecule has 1 aromatic heterocycles. The number of hydrogen-bond donors (Lipinski definition) is 1. The minimum atomic E-state index is -0.889. The van der Waals surface area contributed by atoms with Gasteiger partial charge in [-0.3, -0.25) is 0 Å². The number of carboxylic acids is 1. The van der Waals surface area contributed by atoms with Crippen molar-refractivity contribution in [2.24, 2.45) is 0 Å². The summed E-state index contributed by atoms with van der Waals surface area (Å²) in [6.07, 6.45) is 6.36. The van der Waals surface area contributed by atoms with Crippen molar-refractivity contribution < 1.29 is 9.90 Å². The number of imidazole rings is 1. The summed E-state index contributed by atoms with van der Waals surface area (Å²) in [4.78, 5) is 14.5. The third kappa shape index (κ3) is 0.995. The Balaban J connectivity index is 2.29. The van der Waals surface area contributed by atoms with Crippen molar-refractivity contribution in [1.82, 2.24) is 9.55 Å². The smallest absolute Gasteiger partial charge is 0.354 e. The second-order valence-electron chi connectivity index (χ2n) is 3.08. The summed E-state index contributed by atoms with van der Waals surface area (Å²) in [6, 6.07) is 0.374. The van der Waals surface area contributed by atoms with Gasteiger partial charge in [-0.25, -0.2) is 9.78 Å². The van der Waals surface area contributed by atoms with Crippen LogP contribution in [0.25, 0.3) is 0 Å². The quantitative estimate of drug-likeness (QED) is 0.720. The first kappa shape index (κ1) is 7.34. The molecule has 0 spiro atoms. The van der Waals surface area contributed by atoms with E-state index in [0.717, 1.165) is 12.8 Å². The Labute approximate surface area is 69.8 Å². The van der Waals surface area contributed by atoms with Crippen LogP contribution in [0.1, 0.15) is 35.8 Å². The molecule has 0 unspecified atom stereocenters. The van der Waals surface area contributed by atoms with Gasteiger partial charge < -0.3 is 9.67 Å². The van der Waals surface area contributed by atoms with E-state index in [4.69, 9.17) is 5.11 Å². The van der Waals surface area contributed by atoms with Crippen molar-refractivity contribution >= 4 is 5.97 Å². The molecule has 0 radical (unpaired) electrons. The summed E-state index contributed by atoms with van der Waals surface area (Å²) in [5.41, 5.74) is 0.305. The van der Waals surface area contributed by atoms with Gasteiger partial charge in [-0.15, -0.1) is 0 Å². The van der Waals surface area contributed by atoms with Crippen molar-refractivity contribution in [3.8, 4) is 0 Å². The summed E-state index contributed by atoms with van der Waals surface area (Å²) < 4.78 is 1.76. The van der Waals surface area contributed by atoms with E-state index in [1.54, 1.807) is 10.9 Å². The fraction of sp³-hybridized carbons (Fsp3) is 0.500. The molecule has 2 rings (SSSR count). The molecule has 1 aromatic rings. The molecule has 0 aromatic carbocycles. The van der Waals surface area contributed by atoms with Crippen LogP contribution in [0, 0.1) is 0 Å². The number of carboxylic acid groups (broad SMARTS) is 1. The number of nitrogens with zero attached hydrogens (tertiary/aromatic N) is 2.